The number of halogens is 2. The van der Waals surface area contributed by atoms with Crippen LogP contribution in [0.2, 0.25) is 0 Å². The maximum atomic E-state index is 14.2. The van der Waals surface area contributed by atoms with Gasteiger partial charge in [0.1, 0.15) is 0 Å². The van der Waals surface area contributed by atoms with Crippen molar-refractivity contribution in [1.82, 2.24) is 0 Å². The fourth-order valence-corrected chi connectivity index (χ4v) is 4.87. The van der Waals surface area contributed by atoms with Crippen molar-refractivity contribution in [1.29, 1.82) is 0 Å². The zero-order chi connectivity index (χ0) is 27.9. The van der Waals surface area contributed by atoms with Crippen LogP contribution >= 0.6 is 0 Å². The maximum absolute atomic E-state index is 14.2. The largest absolute Gasteiger partial charge is 0.494 e. The van der Waals surface area contributed by atoms with E-state index >= 15 is 0 Å². The van der Waals surface area contributed by atoms with Gasteiger partial charge < -0.3 is 19.5 Å². The summed E-state index contributed by atoms with van der Waals surface area (Å²) in [6, 6.07) is 11.5. The third-order valence-corrected chi connectivity index (χ3v) is 6.54. The van der Waals surface area contributed by atoms with E-state index in [-0.39, 0.29) is 17.9 Å². The lowest BCUT2D eigenvalue weighted by molar-refractivity contribution is -0.160. The number of hydrogen-bond acceptors (Lipinski definition) is 4. The lowest BCUT2D eigenvalue weighted by atomic mass is 9.86. The second-order valence-electron chi connectivity index (χ2n) is 10.5. The second-order valence-corrected chi connectivity index (χ2v) is 10.5. The van der Waals surface area contributed by atoms with Crippen LogP contribution in [0.1, 0.15) is 59.5 Å². The van der Waals surface area contributed by atoms with Gasteiger partial charge in [-0.3, -0.25) is 4.79 Å². The number of carboxylic acid groups (broad SMARTS) is 1. The molecule has 1 amide bonds. The molecule has 4 rings (SSSR count). The van der Waals surface area contributed by atoms with Crippen molar-refractivity contribution in [2.75, 3.05) is 18.6 Å². The molecule has 0 spiro atoms. The summed E-state index contributed by atoms with van der Waals surface area (Å²) in [5, 5.41) is 10.2. The van der Waals surface area contributed by atoms with Crippen molar-refractivity contribution in [3.63, 3.8) is 0 Å². The number of hydrogen-bond donors (Lipinski definition) is 1. The molecule has 8 heteroatoms. The molecule has 1 aliphatic heterocycles. The number of amides is 1. The van der Waals surface area contributed by atoms with E-state index < -0.39 is 35.2 Å². The van der Waals surface area contributed by atoms with Crippen molar-refractivity contribution in [3.05, 3.63) is 81.9 Å². The number of anilines is 1. The van der Waals surface area contributed by atoms with Gasteiger partial charge in [0, 0.05) is 23.4 Å². The van der Waals surface area contributed by atoms with Crippen LogP contribution < -0.4 is 9.64 Å². The molecule has 3 aromatic carbocycles. The molecule has 200 valence electrons. The molecule has 1 unspecified atom stereocenters. The minimum Gasteiger partial charge on any atom is -0.494 e. The highest BCUT2D eigenvalue weighted by Crippen LogP contribution is 2.45. The van der Waals surface area contributed by atoms with E-state index in [0.717, 1.165) is 22.8 Å². The molecule has 0 saturated heterocycles. The molecule has 38 heavy (non-hydrogen) atoms. The molecule has 1 heterocycles. The van der Waals surface area contributed by atoms with E-state index in [1.54, 1.807) is 33.8 Å². The first-order chi connectivity index (χ1) is 17.8. The molecule has 0 bridgehead atoms. The molecule has 1 N–H and O–H groups in total. The summed E-state index contributed by atoms with van der Waals surface area (Å²) < 4.78 is 39.1. The minimum absolute atomic E-state index is 0.0494. The predicted molar refractivity (Wildman–Crippen MR) is 141 cm³/mol. The number of methoxy groups -OCH3 is 1. The Morgan fingerprint density at radius 1 is 1.05 bits per heavy atom. The molecule has 1 aliphatic rings. The first-order valence-corrected chi connectivity index (χ1v) is 12.3. The standard InChI is InChI=1S/C30H31F2NO5/c1-16-7-9-18(10-8-16)25-20-11-12-33(28(34)19-14-21(31)26(32)23(15-19)37-6)22(20)13-17(2)24(25)27(29(35)36)38-30(3,4)5/h7-10,13-15,27H,11-12H2,1-6H3,(H,35,36). The third kappa shape index (κ3) is 5.13. The van der Waals surface area contributed by atoms with Crippen LogP contribution in [-0.4, -0.2) is 36.2 Å². The van der Waals surface area contributed by atoms with Crippen LogP contribution in [0.3, 0.4) is 0 Å². The first kappa shape index (κ1) is 27.3. The van der Waals surface area contributed by atoms with Gasteiger partial charge in [-0.2, -0.15) is 4.39 Å². The molecule has 6 nitrogen and oxygen atoms in total. The molecule has 0 aliphatic carbocycles. The Balaban J connectivity index is 1.92. The number of carbonyl (C=O) groups is 2. The summed E-state index contributed by atoms with van der Waals surface area (Å²) in [5.74, 6) is -4.32. The molecule has 0 aromatic heterocycles. The zero-order valence-corrected chi connectivity index (χ0v) is 22.3. The fourth-order valence-electron chi connectivity index (χ4n) is 4.87. The SMILES string of the molecule is COc1cc(C(=O)N2CCc3c2cc(C)c(C(OC(C)(C)C)C(=O)O)c3-c2ccc(C)cc2)cc(F)c1F. The fraction of sp³-hybridized carbons (Fsp3) is 0.333. The molecule has 1 atom stereocenters. The summed E-state index contributed by atoms with van der Waals surface area (Å²) in [5.41, 5.74) is 4.32. The number of ether oxygens (including phenoxy) is 2. The number of nitrogens with zero attached hydrogens (tertiary/aromatic N) is 1. The molecular weight excluding hydrogens is 492 g/mol. The van der Waals surface area contributed by atoms with E-state index in [1.165, 1.54) is 18.1 Å². The molecule has 0 radical (unpaired) electrons. The van der Waals surface area contributed by atoms with E-state index in [0.29, 0.717) is 28.8 Å². The topological polar surface area (TPSA) is 76.1 Å². The average Bonchev–Trinajstić information content (AvgIpc) is 3.26. The number of aryl methyl sites for hydroxylation is 2. The van der Waals surface area contributed by atoms with Crippen LogP contribution in [0.15, 0.2) is 42.5 Å². The lowest BCUT2D eigenvalue weighted by Crippen LogP contribution is -2.30. The van der Waals surface area contributed by atoms with Gasteiger partial charge in [-0.25, -0.2) is 9.18 Å². The molecule has 0 fully saturated rings. The van der Waals surface area contributed by atoms with Gasteiger partial charge in [0.05, 0.1) is 12.7 Å². The number of benzene rings is 3. The third-order valence-electron chi connectivity index (χ3n) is 6.54. The Morgan fingerprint density at radius 2 is 1.71 bits per heavy atom. The lowest BCUT2D eigenvalue weighted by Gasteiger charge is -2.29. The van der Waals surface area contributed by atoms with Gasteiger partial charge in [-0.1, -0.05) is 29.8 Å². The average molecular weight is 524 g/mol. The van der Waals surface area contributed by atoms with Gasteiger partial charge in [0.2, 0.25) is 5.82 Å². The number of carboxylic acids is 1. The smallest absolute Gasteiger partial charge is 0.337 e. The van der Waals surface area contributed by atoms with Crippen LogP contribution in [0.25, 0.3) is 11.1 Å². The van der Waals surface area contributed by atoms with Crippen molar-refractivity contribution in [2.45, 2.75) is 52.7 Å². The van der Waals surface area contributed by atoms with Crippen LogP contribution in [-0.2, 0) is 16.0 Å². The van der Waals surface area contributed by atoms with Gasteiger partial charge in [-0.15, -0.1) is 0 Å². The van der Waals surface area contributed by atoms with Crippen molar-refractivity contribution >= 4 is 17.6 Å². The molecule has 0 saturated carbocycles. The quantitative estimate of drug-likeness (QED) is 0.405. The van der Waals surface area contributed by atoms with Crippen LogP contribution in [0.5, 0.6) is 5.75 Å². The summed E-state index contributed by atoms with van der Waals surface area (Å²) >= 11 is 0. The van der Waals surface area contributed by atoms with Crippen molar-refractivity contribution < 1.29 is 33.0 Å². The Morgan fingerprint density at radius 3 is 2.29 bits per heavy atom. The van der Waals surface area contributed by atoms with E-state index in [1.807, 2.05) is 31.2 Å². The molecule has 3 aromatic rings. The normalized spacial score (nSPS) is 13.8. The Bertz CT molecular complexity index is 1410. The van der Waals surface area contributed by atoms with Crippen LogP contribution in [0, 0.1) is 25.5 Å². The Labute approximate surface area is 220 Å². The summed E-state index contributed by atoms with van der Waals surface area (Å²) in [4.78, 5) is 27.5. The Hall–Kier alpha value is -3.78. The highest BCUT2D eigenvalue weighted by molar-refractivity contribution is 6.08. The minimum atomic E-state index is -1.24. The Kier molecular flexibility index (Phi) is 7.30. The van der Waals surface area contributed by atoms with Gasteiger partial charge in [0.25, 0.3) is 5.91 Å². The molecular formula is C30H31F2NO5. The van der Waals surface area contributed by atoms with Gasteiger partial charge in [-0.05, 0) is 81.5 Å². The zero-order valence-electron chi connectivity index (χ0n) is 22.3. The second kappa shape index (κ2) is 10.2. The van der Waals surface area contributed by atoms with Crippen LogP contribution in [0.4, 0.5) is 14.5 Å². The predicted octanol–water partition coefficient (Wildman–Crippen LogP) is 6.40. The number of fused-ring (bicyclic) bond motifs is 1. The van der Waals surface area contributed by atoms with Crippen molar-refractivity contribution in [2.24, 2.45) is 0 Å². The summed E-state index contributed by atoms with van der Waals surface area (Å²) in [7, 11) is 1.20. The highest BCUT2D eigenvalue weighted by Gasteiger charge is 2.36. The van der Waals surface area contributed by atoms with E-state index in [9.17, 15) is 23.5 Å². The van der Waals surface area contributed by atoms with Gasteiger partial charge in [0.15, 0.2) is 17.7 Å². The van der Waals surface area contributed by atoms with Crippen molar-refractivity contribution in [3.8, 4) is 16.9 Å². The number of carbonyl (C=O) groups excluding carboxylic acids is 1. The maximum Gasteiger partial charge on any atom is 0.337 e. The van der Waals surface area contributed by atoms with Gasteiger partial charge >= 0.3 is 5.97 Å². The van der Waals surface area contributed by atoms with E-state index in [4.69, 9.17) is 9.47 Å². The number of rotatable bonds is 6. The first-order valence-electron chi connectivity index (χ1n) is 12.3. The summed E-state index contributed by atoms with van der Waals surface area (Å²) in [6.45, 7) is 9.44. The van der Waals surface area contributed by atoms with E-state index in [2.05, 4.69) is 0 Å². The summed E-state index contributed by atoms with van der Waals surface area (Å²) in [6.07, 6.45) is -0.794. The highest BCUT2D eigenvalue weighted by atomic mass is 19.2. The monoisotopic (exact) mass is 523 g/mol. The number of aliphatic carboxylic acids is 1.